The van der Waals surface area contributed by atoms with E-state index in [-0.39, 0.29) is 24.8 Å². The molecule has 0 bridgehead atoms. The first-order valence-electron chi connectivity index (χ1n) is 5.84. The number of imide groups is 1. The fourth-order valence-corrected chi connectivity index (χ4v) is 1.99. The Kier molecular flexibility index (Phi) is 3.74. The van der Waals surface area contributed by atoms with Gasteiger partial charge in [0.2, 0.25) is 11.8 Å². The molecule has 2 rings (SSSR count). The van der Waals surface area contributed by atoms with E-state index in [1.807, 2.05) is 24.3 Å². The average Bonchev–Trinajstić information content (AvgIpc) is 2.64. The van der Waals surface area contributed by atoms with E-state index in [0.29, 0.717) is 6.54 Å². The lowest BCUT2D eigenvalue weighted by molar-refractivity contribution is -0.137. The van der Waals surface area contributed by atoms with Crippen LogP contribution in [-0.2, 0) is 22.7 Å². The number of carbonyl (C=O) groups is 2. The van der Waals surface area contributed by atoms with Crippen LogP contribution in [0.1, 0.15) is 17.5 Å². The molecule has 1 aliphatic heterocycles. The van der Waals surface area contributed by atoms with Crippen LogP contribution in [0.15, 0.2) is 24.3 Å². The molecule has 1 heterocycles. The van der Waals surface area contributed by atoms with Gasteiger partial charge in [-0.25, -0.2) is 0 Å². The quantitative estimate of drug-likeness (QED) is 0.737. The third kappa shape index (κ3) is 2.57. The van der Waals surface area contributed by atoms with Crippen LogP contribution in [0, 0.1) is 0 Å². The summed E-state index contributed by atoms with van der Waals surface area (Å²) in [4.78, 5) is 24.2. The minimum atomic E-state index is -0.430. The minimum Gasteiger partial charge on any atom is -0.392 e. The van der Waals surface area contributed by atoms with Crippen molar-refractivity contribution in [3.8, 4) is 0 Å². The normalized spacial score (nSPS) is 19.7. The minimum absolute atomic E-state index is 0.00256. The van der Waals surface area contributed by atoms with Gasteiger partial charge in [0, 0.05) is 13.6 Å². The summed E-state index contributed by atoms with van der Waals surface area (Å²) in [6.45, 7) is 0.503. The van der Waals surface area contributed by atoms with E-state index in [0.717, 1.165) is 16.0 Å². The molecular weight excluding hydrogens is 232 g/mol. The van der Waals surface area contributed by atoms with Gasteiger partial charge in [-0.3, -0.25) is 14.5 Å². The maximum atomic E-state index is 11.7. The van der Waals surface area contributed by atoms with E-state index < -0.39 is 6.04 Å². The van der Waals surface area contributed by atoms with Gasteiger partial charge in [-0.15, -0.1) is 0 Å². The fourth-order valence-electron chi connectivity index (χ4n) is 1.99. The highest BCUT2D eigenvalue weighted by atomic mass is 16.3. The number of hydrogen-bond acceptors (Lipinski definition) is 4. The lowest BCUT2D eigenvalue weighted by Gasteiger charge is -2.11. The highest BCUT2D eigenvalue weighted by Gasteiger charge is 2.35. The molecule has 1 aromatic carbocycles. The summed E-state index contributed by atoms with van der Waals surface area (Å²) in [5.74, 6) is -0.333. The molecule has 5 heteroatoms. The number of hydrogen-bond donors (Lipinski definition) is 2. The van der Waals surface area contributed by atoms with Crippen molar-refractivity contribution in [3.05, 3.63) is 35.4 Å². The van der Waals surface area contributed by atoms with Gasteiger partial charge in [0.25, 0.3) is 0 Å². The number of likely N-dealkylation sites (N-methyl/N-ethyl adjacent to an activating group) is 1. The number of aliphatic hydroxyl groups excluding tert-OH is 1. The van der Waals surface area contributed by atoms with Gasteiger partial charge >= 0.3 is 0 Å². The number of nitrogens with one attached hydrogen (secondary N) is 1. The molecule has 1 unspecified atom stereocenters. The van der Waals surface area contributed by atoms with E-state index in [4.69, 9.17) is 5.11 Å². The molecule has 96 valence electrons. The molecule has 2 amide bonds. The predicted octanol–water partition coefficient (Wildman–Crippen LogP) is 0.0258. The van der Waals surface area contributed by atoms with Crippen LogP contribution in [0.4, 0.5) is 0 Å². The molecule has 0 saturated carbocycles. The monoisotopic (exact) mass is 248 g/mol. The summed E-state index contributed by atoms with van der Waals surface area (Å²) in [5, 5.41) is 12.1. The van der Waals surface area contributed by atoms with Crippen LogP contribution in [-0.4, -0.2) is 34.9 Å². The van der Waals surface area contributed by atoms with Gasteiger partial charge in [0.15, 0.2) is 0 Å². The van der Waals surface area contributed by atoms with E-state index in [1.165, 1.54) is 7.05 Å². The maximum absolute atomic E-state index is 11.7. The van der Waals surface area contributed by atoms with E-state index >= 15 is 0 Å². The van der Waals surface area contributed by atoms with E-state index in [9.17, 15) is 9.59 Å². The summed E-state index contributed by atoms with van der Waals surface area (Å²) in [6, 6.07) is 7.05. The molecule has 1 aliphatic rings. The zero-order chi connectivity index (χ0) is 13.1. The van der Waals surface area contributed by atoms with Crippen molar-refractivity contribution in [2.45, 2.75) is 25.6 Å². The molecule has 1 fully saturated rings. The van der Waals surface area contributed by atoms with E-state index in [1.54, 1.807) is 0 Å². The second-order valence-corrected chi connectivity index (χ2v) is 4.41. The second-order valence-electron chi connectivity index (χ2n) is 4.41. The molecule has 5 nitrogen and oxygen atoms in total. The van der Waals surface area contributed by atoms with Gasteiger partial charge in [-0.1, -0.05) is 24.3 Å². The summed E-state index contributed by atoms with van der Waals surface area (Å²) in [7, 11) is 1.50. The van der Waals surface area contributed by atoms with Crippen LogP contribution < -0.4 is 5.32 Å². The molecule has 1 atom stereocenters. The maximum Gasteiger partial charge on any atom is 0.246 e. The number of nitrogens with zero attached hydrogens (tertiary/aromatic N) is 1. The Labute approximate surface area is 105 Å². The van der Waals surface area contributed by atoms with Crippen molar-refractivity contribution >= 4 is 11.8 Å². The number of carbonyl (C=O) groups excluding carboxylic acids is 2. The number of rotatable bonds is 4. The highest BCUT2D eigenvalue weighted by Crippen LogP contribution is 2.12. The Morgan fingerprint density at radius 1 is 1.39 bits per heavy atom. The first-order valence-corrected chi connectivity index (χ1v) is 5.84. The van der Waals surface area contributed by atoms with Gasteiger partial charge in [-0.2, -0.15) is 0 Å². The Bertz CT molecular complexity index is 473. The van der Waals surface area contributed by atoms with Crippen molar-refractivity contribution < 1.29 is 14.7 Å². The van der Waals surface area contributed by atoms with Crippen LogP contribution in [0.5, 0.6) is 0 Å². The van der Waals surface area contributed by atoms with Crippen molar-refractivity contribution in [2.24, 2.45) is 0 Å². The van der Waals surface area contributed by atoms with Gasteiger partial charge < -0.3 is 10.4 Å². The summed E-state index contributed by atoms with van der Waals surface area (Å²) >= 11 is 0. The number of aliphatic hydroxyl groups is 1. The largest absolute Gasteiger partial charge is 0.392 e. The van der Waals surface area contributed by atoms with Gasteiger partial charge in [-0.05, 0) is 11.1 Å². The molecule has 0 aliphatic carbocycles. The lowest BCUT2D eigenvalue weighted by Crippen LogP contribution is -2.36. The Morgan fingerprint density at radius 2 is 2.11 bits per heavy atom. The molecule has 0 spiro atoms. The van der Waals surface area contributed by atoms with Crippen molar-refractivity contribution in [1.82, 2.24) is 10.2 Å². The molecule has 1 aromatic rings. The molecule has 2 N–H and O–H groups in total. The standard InChI is InChI=1S/C13H16N2O3/c1-15-12(17)6-11(13(15)18)14-7-9-3-2-4-10(5-9)8-16/h2-5,11,14,16H,6-8H2,1H3. The summed E-state index contributed by atoms with van der Waals surface area (Å²) in [5.41, 5.74) is 1.82. The van der Waals surface area contributed by atoms with Crippen LogP contribution in [0.3, 0.4) is 0 Å². The molecule has 0 aromatic heterocycles. The third-order valence-corrected chi connectivity index (χ3v) is 3.11. The van der Waals surface area contributed by atoms with Crippen LogP contribution in [0.2, 0.25) is 0 Å². The van der Waals surface area contributed by atoms with Gasteiger partial charge in [0.05, 0.1) is 19.1 Å². The van der Waals surface area contributed by atoms with Crippen molar-refractivity contribution in [2.75, 3.05) is 7.05 Å². The van der Waals surface area contributed by atoms with Crippen LogP contribution >= 0.6 is 0 Å². The third-order valence-electron chi connectivity index (χ3n) is 3.11. The van der Waals surface area contributed by atoms with E-state index in [2.05, 4.69) is 5.32 Å². The fraction of sp³-hybridized carbons (Fsp3) is 0.385. The molecule has 0 radical (unpaired) electrons. The Balaban J connectivity index is 1.96. The number of amides is 2. The summed E-state index contributed by atoms with van der Waals surface area (Å²) < 4.78 is 0. The smallest absolute Gasteiger partial charge is 0.246 e. The SMILES string of the molecule is CN1C(=O)CC(NCc2cccc(CO)c2)C1=O. The number of benzene rings is 1. The Morgan fingerprint density at radius 3 is 2.72 bits per heavy atom. The topological polar surface area (TPSA) is 69.6 Å². The molecule has 1 saturated heterocycles. The lowest BCUT2D eigenvalue weighted by atomic mass is 10.1. The second kappa shape index (κ2) is 5.29. The first-order chi connectivity index (χ1) is 8.61. The first kappa shape index (κ1) is 12.7. The van der Waals surface area contributed by atoms with Gasteiger partial charge in [0.1, 0.15) is 0 Å². The number of likely N-dealkylation sites (tertiary alicyclic amines) is 1. The molecule has 18 heavy (non-hydrogen) atoms. The zero-order valence-electron chi connectivity index (χ0n) is 10.2. The zero-order valence-corrected chi connectivity index (χ0v) is 10.2. The van der Waals surface area contributed by atoms with Crippen molar-refractivity contribution in [3.63, 3.8) is 0 Å². The highest BCUT2D eigenvalue weighted by molar-refractivity contribution is 6.05. The average molecular weight is 248 g/mol. The Hall–Kier alpha value is -1.72. The molecular formula is C13H16N2O3. The van der Waals surface area contributed by atoms with Crippen LogP contribution in [0.25, 0.3) is 0 Å². The van der Waals surface area contributed by atoms with Crippen molar-refractivity contribution in [1.29, 1.82) is 0 Å². The predicted molar refractivity (Wildman–Crippen MR) is 65.4 cm³/mol. The summed E-state index contributed by atoms with van der Waals surface area (Å²) in [6.07, 6.45) is 0.217.